The van der Waals surface area contributed by atoms with Crippen molar-refractivity contribution in [2.75, 3.05) is 11.1 Å². The number of carboxylic acids is 1. The zero-order valence-corrected chi connectivity index (χ0v) is 11.4. The normalized spacial score (nSPS) is 23.0. The first kappa shape index (κ1) is 13.7. The third-order valence-corrected chi connectivity index (χ3v) is 4.12. The number of carboxylic acid groups (broad SMARTS) is 1. The minimum atomic E-state index is -0.976. The highest BCUT2D eigenvalue weighted by molar-refractivity contribution is 5.97. The molecule has 1 aromatic carbocycles. The maximum atomic E-state index is 11.0. The van der Waals surface area contributed by atoms with Gasteiger partial charge in [-0.25, -0.2) is 4.79 Å². The summed E-state index contributed by atoms with van der Waals surface area (Å²) < 4.78 is 0. The molecule has 4 heteroatoms. The van der Waals surface area contributed by atoms with Crippen LogP contribution >= 0.6 is 0 Å². The number of anilines is 2. The van der Waals surface area contributed by atoms with Crippen molar-refractivity contribution in [2.45, 2.75) is 45.1 Å². The van der Waals surface area contributed by atoms with Crippen LogP contribution in [0.2, 0.25) is 0 Å². The molecule has 0 spiro atoms. The molecule has 1 aliphatic carbocycles. The van der Waals surface area contributed by atoms with Gasteiger partial charge in [0.2, 0.25) is 0 Å². The molecular weight excluding hydrogens is 240 g/mol. The fourth-order valence-electron chi connectivity index (χ4n) is 2.81. The summed E-state index contributed by atoms with van der Waals surface area (Å²) in [4.78, 5) is 11.0. The minimum absolute atomic E-state index is 0.173. The first-order chi connectivity index (χ1) is 9.11. The van der Waals surface area contributed by atoms with Crippen LogP contribution in [0.1, 0.15) is 49.4 Å². The Kier molecular flexibility index (Phi) is 4.30. The summed E-state index contributed by atoms with van der Waals surface area (Å²) in [5.74, 6) is -0.128. The fourth-order valence-corrected chi connectivity index (χ4v) is 2.81. The summed E-state index contributed by atoms with van der Waals surface area (Å²) in [5, 5.41) is 12.5. The second kappa shape index (κ2) is 5.95. The molecule has 0 aromatic heterocycles. The van der Waals surface area contributed by atoms with Gasteiger partial charge in [-0.15, -0.1) is 0 Å². The Bertz CT molecular complexity index is 451. The summed E-state index contributed by atoms with van der Waals surface area (Å²) in [6, 6.07) is 5.54. The van der Waals surface area contributed by atoms with Crippen LogP contribution in [0.25, 0.3) is 0 Å². The van der Waals surface area contributed by atoms with Gasteiger partial charge in [-0.1, -0.05) is 19.4 Å². The lowest BCUT2D eigenvalue weighted by Gasteiger charge is -2.29. The molecule has 0 atom stereocenters. The molecule has 1 saturated carbocycles. The van der Waals surface area contributed by atoms with Crippen LogP contribution in [-0.4, -0.2) is 17.1 Å². The van der Waals surface area contributed by atoms with Crippen molar-refractivity contribution in [1.82, 2.24) is 0 Å². The second-order valence-electron chi connectivity index (χ2n) is 5.34. The Morgan fingerprint density at radius 3 is 2.63 bits per heavy atom. The van der Waals surface area contributed by atoms with E-state index >= 15 is 0 Å². The highest BCUT2D eigenvalue weighted by Crippen LogP contribution is 2.30. The monoisotopic (exact) mass is 262 g/mol. The van der Waals surface area contributed by atoms with Crippen LogP contribution in [0, 0.1) is 5.92 Å². The van der Waals surface area contributed by atoms with Gasteiger partial charge in [0, 0.05) is 6.04 Å². The minimum Gasteiger partial charge on any atom is -0.478 e. The van der Waals surface area contributed by atoms with Crippen LogP contribution < -0.4 is 11.1 Å². The van der Waals surface area contributed by atoms with E-state index in [1.807, 2.05) is 6.07 Å². The number of benzene rings is 1. The molecule has 0 amide bonds. The van der Waals surface area contributed by atoms with Crippen LogP contribution in [0.3, 0.4) is 0 Å². The Balaban J connectivity index is 2.04. The van der Waals surface area contributed by atoms with Gasteiger partial charge in [0.15, 0.2) is 0 Å². The van der Waals surface area contributed by atoms with E-state index in [4.69, 9.17) is 10.8 Å². The molecule has 19 heavy (non-hydrogen) atoms. The van der Waals surface area contributed by atoms with Crippen LogP contribution in [-0.2, 0) is 0 Å². The number of hydrogen-bond acceptors (Lipinski definition) is 3. The van der Waals surface area contributed by atoms with Crippen LogP contribution in [0.15, 0.2) is 18.2 Å². The van der Waals surface area contributed by atoms with E-state index in [-0.39, 0.29) is 5.56 Å². The SMILES string of the molecule is CCC1CCC(Nc2cccc(C(=O)O)c2N)CC1. The third kappa shape index (κ3) is 3.19. The predicted octanol–water partition coefficient (Wildman–Crippen LogP) is 3.35. The van der Waals surface area contributed by atoms with Crippen molar-refractivity contribution in [3.8, 4) is 0 Å². The van der Waals surface area contributed by atoms with Crippen molar-refractivity contribution in [2.24, 2.45) is 5.92 Å². The van der Waals surface area contributed by atoms with E-state index in [1.54, 1.807) is 6.07 Å². The molecule has 0 bridgehead atoms. The maximum Gasteiger partial charge on any atom is 0.337 e. The number of aromatic carboxylic acids is 1. The van der Waals surface area contributed by atoms with Crippen molar-refractivity contribution in [3.63, 3.8) is 0 Å². The highest BCUT2D eigenvalue weighted by atomic mass is 16.4. The van der Waals surface area contributed by atoms with Gasteiger partial charge in [-0.3, -0.25) is 0 Å². The molecule has 1 aliphatic rings. The maximum absolute atomic E-state index is 11.0. The van der Waals surface area contributed by atoms with Gasteiger partial charge in [-0.05, 0) is 43.7 Å². The number of nitrogens with one attached hydrogen (secondary N) is 1. The van der Waals surface area contributed by atoms with Crippen molar-refractivity contribution in [3.05, 3.63) is 23.8 Å². The molecule has 0 aliphatic heterocycles. The zero-order valence-electron chi connectivity index (χ0n) is 11.4. The summed E-state index contributed by atoms with van der Waals surface area (Å²) >= 11 is 0. The molecule has 0 radical (unpaired) electrons. The van der Waals surface area contributed by atoms with Gasteiger partial charge < -0.3 is 16.2 Å². The van der Waals surface area contributed by atoms with E-state index in [0.29, 0.717) is 11.7 Å². The standard InChI is InChI=1S/C15H22N2O2/c1-2-10-6-8-11(9-7-10)17-13-5-3-4-12(14(13)16)15(18)19/h3-5,10-11,17H,2,6-9,16H2,1H3,(H,18,19). The first-order valence-electron chi connectivity index (χ1n) is 7.00. The average Bonchev–Trinajstić information content (AvgIpc) is 2.41. The number of hydrogen-bond donors (Lipinski definition) is 3. The Morgan fingerprint density at radius 2 is 2.05 bits per heavy atom. The predicted molar refractivity (Wildman–Crippen MR) is 77.5 cm³/mol. The Labute approximate surface area is 114 Å². The number of para-hydroxylation sites is 1. The summed E-state index contributed by atoms with van der Waals surface area (Å²) in [6.07, 6.45) is 6.01. The lowest BCUT2D eigenvalue weighted by atomic mass is 9.84. The van der Waals surface area contributed by atoms with Gasteiger partial charge in [0.1, 0.15) is 0 Å². The molecule has 104 valence electrons. The molecular formula is C15H22N2O2. The topological polar surface area (TPSA) is 75.3 Å². The quantitative estimate of drug-likeness (QED) is 0.727. The smallest absolute Gasteiger partial charge is 0.337 e. The number of nitrogens with two attached hydrogens (primary N) is 1. The second-order valence-corrected chi connectivity index (χ2v) is 5.34. The molecule has 4 nitrogen and oxygen atoms in total. The molecule has 2 rings (SSSR count). The van der Waals surface area contributed by atoms with Gasteiger partial charge in [0.05, 0.1) is 16.9 Å². The molecule has 1 aromatic rings. The average molecular weight is 262 g/mol. The van der Waals surface area contributed by atoms with Gasteiger partial charge in [0.25, 0.3) is 0 Å². The molecule has 4 N–H and O–H groups in total. The summed E-state index contributed by atoms with van der Waals surface area (Å²) in [5.41, 5.74) is 7.18. The van der Waals surface area contributed by atoms with Crippen LogP contribution in [0.5, 0.6) is 0 Å². The largest absolute Gasteiger partial charge is 0.478 e. The molecule has 1 fully saturated rings. The van der Waals surface area contributed by atoms with E-state index in [9.17, 15) is 4.79 Å². The Hall–Kier alpha value is -1.71. The molecule has 0 unspecified atom stereocenters. The van der Waals surface area contributed by atoms with Gasteiger partial charge >= 0.3 is 5.97 Å². The lowest BCUT2D eigenvalue weighted by Crippen LogP contribution is -2.26. The first-order valence-corrected chi connectivity index (χ1v) is 7.00. The highest BCUT2D eigenvalue weighted by Gasteiger charge is 2.21. The van der Waals surface area contributed by atoms with Crippen LogP contribution in [0.4, 0.5) is 11.4 Å². The molecule has 0 heterocycles. The van der Waals surface area contributed by atoms with Crippen molar-refractivity contribution < 1.29 is 9.90 Å². The number of rotatable bonds is 4. The van der Waals surface area contributed by atoms with E-state index < -0.39 is 5.97 Å². The van der Waals surface area contributed by atoms with E-state index in [0.717, 1.165) is 24.4 Å². The lowest BCUT2D eigenvalue weighted by molar-refractivity contribution is 0.0698. The zero-order chi connectivity index (χ0) is 13.8. The number of nitrogen functional groups attached to an aromatic ring is 1. The Morgan fingerprint density at radius 1 is 1.37 bits per heavy atom. The van der Waals surface area contributed by atoms with Crippen molar-refractivity contribution in [1.29, 1.82) is 0 Å². The fraction of sp³-hybridized carbons (Fsp3) is 0.533. The summed E-state index contributed by atoms with van der Waals surface area (Å²) in [6.45, 7) is 2.24. The van der Waals surface area contributed by atoms with E-state index in [2.05, 4.69) is 12.2 Å². The molecule has 0 saturated heterocycles. The van der Waals surface area contributed by atoms with Gasteiger partial charge in [-0.2, -0.15) is 0 Å². The van der Waals surface area contributed by atoms with Crippen molar-refractivity contribution >= 4 is 17.3 Å². The van der Waals surface area contributed by atoms with E-state index in [1.165, 1.54) is 25.3 Å². The summed E-state index contributed by atoms with van der Waals surface area (Å²) in [7, 11) is 0. The number of carbonyl (C=O) groups is 1. The third-order valence-electron chi connectivity index (χ3n) is 4.12.